The summed E-state index contributed by atoms with van der Waals surface area (Å²) in [7, 11) is 2.84. The van der Waals surface area contributed by atoms with Crippen molar-refractivity contribution in [2.24, 2.45) is 0 Å². The van der Waals surface area contributed by atoms with Crippen LogP contribution in [0.2, 0.25) is 0 Å². The van der Waals surface area contributed by atoms with Crippen LogP contribution in [0, 0.1) is 21.7 Å². The Morgan fingerprint density at radius 2 is 1.97 bits per heavy atom. The number of nitro groups is 1. The van der Waals surface area contributed by atoms with E-state index in [-0.39, 0.29) is 23.2 Å². The number of nitrogens with zero attached hydrogens (tertiary/aromatic N) is 4. The molecule has 160 valence electrons. The third-order valence-electron chi connectivity index (χ3n) is 4.19. The minimum absolute atomic E-state index is 0.0136. The first-order valence-electron chi connectivity index (χ1n) is 8.71. The Hall–Kier alpha value is -4.35. The monoisotopic (exact) mass is 430 g/mol. The maximum atomic E-state index is 13.9. The Morgan fingerprint density at radius 1 is 1.19 bits per heavy atom. The largest absolute Gasteiger partial charge is 0.494 e. The molecule has 0 bridgehead atoms. The number of hydrogen-bond donors (Lipinski definition) is 2. The highest BCUT2D eigenvalue weighted by molar-refractivity contribution is 5.90. The first-order chi connectivity index (χ1) is 14.9. The van der Waals surface area contributed by atoms with Crippen LogP contribution < -0.4 is 20.3 Å². The van der Waals surface area contributed by atoms with Gasteiger partial charge in [0.2, 0.25) is 18.2 Å². The van der Waals surface area contributed by atoms with E-state index in [1.807, 2.05) is 0 Å². The second kappa shape index (κ2) is 8.98. The number of ether oxygens (including phenoxy) is 1. The van der Waals surface area contributed by atoms with Gasteiger partial charge in [-0.25, -0.2) is 9.37 Å². The van der Waals surface area contributed by atoms with Gasteiger partial charge in [0.05, 0.1) is 29.1 Å². The SMILES string of the molecule is CNc1cc(F)ccc1N(C=O)c1ccnc(Nc2cc([N+](=O)[O-])c(F)cc2OC)n1. The number of carbonyl (C=O) groups excluding carboxylic acids is 1. The van der Waals surface area contributed by atoms with Crippen molar-refractivity contribution in [1.29, 1.82) is 0 Å². The molecule has 12 heteroatoms. The Labute approximate surface area is 174 Å². The molecule has 0 aliphatic rings. The fourth-order valence-electron chi connectivity index (χ4n) is 2.77. The van der Waals surface area contributed by atoms with E-state index in [0.717, 1.165) is 17.0 Å². The number of benzene rings is 2. The fraction of sp³-hybridized carbons (Fsp3) is 0.105. The van der Waals surface area contributed by atoms with Crippen LogP contribution in [-0.2, 0) is 4.79 Å². The van der Waals surface area contributed by atoms with Crippen LogP contribution in [0.15, 0.2) is 42.6 Å². The first-order valence-corrected chi connectivity index (χ1v) is 8.71. The molecule has 0 aliphatic carbocycles. The summed E-state index contributed by atoms with van der Waals surface area (Å²) in [6, 6.07) is 7.05. The molecule has 0 aliphatic heterocycles. The number of halogens is 2. The lowest BCUT2D eigenvalue weighted by molar-refractivity contribution is -0.387. The topological polar surface area (TPSA) is 123 Å². The van der Waals surface area contributed by atoms with Gasteiger partial charge >= 0.3 is 5.69 Å². The zero-order valence-electron chi connectivity index (χ0n) is 16.3. The van der Waals surface area contributed by atoms with E-state index in [1.54, 1.807) is 7.05 Å². The molecule has 0 saturated carbocycles. The number of nitrogens with one attached hydrogen (secondary N) is 2. The van der Waals surface area contributed by atoms with Gasteiger partial charge in [0.15, 0.2) is 0 Å². The molecule has 0 fully saturated rings. The van der Waals surface area contributed by atoms with Gasteiger partial charge in [-0.15, -0.1) is 0 Å². The molecule has 3 rings (SSSR count). The molecule has 0 spiro atoms. The van der Waals surface area contributed by atoms with Crippen LogP contribution >= 0.6 is 0 Å². The van der Waals surface area contributed by atoms with Crippen molar-refractivity contribution in [3.63, 3.8) is 0 Å². The number of carbonyl (C=O) groups is 1. The van der Waals surface area contributed by atoms with Crippen LogP contribution in [0.4, 0.5) is 43.3 Å². The predicted octanol–water partition coefficient (Wildman–Crippen LogP) is 3.75. The van der Waals surface area contributed by atoms with E-state index in [9.17, 15) is 23.7 Å². The molecule has 0 atom stereocenters. The fourth-order valence-corrected chi connectivity index (χ4v) is 2.77. The predicted molar refractivity (Wildman–Crippen MR) is 109 cm³/mol. The van der Waals surface area contributed by atoms with Gasteiger partial charge in [-0.05, 0) is 24.3 Å². The van der Waals surface area contributed by atoms with Gasteiger partial charge in [0.1, 0.15) is 17.4 Å². The molecular weight excluding hydrogens is 414 g/mol. The maximum Gasteiger partial charge on any atom is 0.307 e. The first kappa shape index (κ1) is 21.4. The van der Waals surface area contributed by atoms with E-state index in [1.165, 1.54) is 37.6 Å². The van der Waals surface area contributed by atoms with Crippen LogP contribution in [0.1, 0.15) is 0 Å². The molecule has 3 aromatic rings. The molecule has 1 amide bonds. The number of aromatic nitrogens is 2. The highest BCUT2D eigenvalue weighted by Crippen LogP contribution is 2.34. The zero-order valence-corrected chi connectivity index (χ0v) is 16.3. The number of anilines is 5. The van der Waals surface area contributed by atoms with Gasteiger partial charge in [-0.1, -0.05) is 0 Å². The molecule has 1 aromatic heterocycles. The Morgan fingerprint density at radius 3 is 2.61 bits per heavy atom. The molecule has 1 heterocycles. The second-order valence-corrected chi connectivity index (χ2v) is 6.01. The Balaban J connectivity index is 2.00. The van der Waals surface area contributed by atoms with Crippen molar-refractivity contribution in [2.75, 3.05) is 29.7 Å². The molecule has 2 aromatic carbocycles. The lowest BCUT2D eigenvalue weighted by Crippen LogP contribution is -2.18. The van der Waals surface area contributed by atoms with Crippen LogP contribution in [0.3, 0.4) is 0 Å². The molecule has 2 N–H and O–H groups in total. The van der Waals surface area contributed by atoms with E-state index < -0.39 is 22.2 Å². The van der Waals surface area contributed by atoms with Crippen LogP contribution in [0.25, 0.3) is 0 Å². The zero-order chi connectivity index (χ0) is 22.5. The standard InChI is InChI=1S/C19H16F2N6O4/c1-22-13-7-11(20)3-4-15(13)26(10-28)18-5-6-23-19(25-18)24-14-9-16(27(29)30)12(21)8-17(14)31-2/h3-10,22H,1-2H3,(H,23,24,25). The maximum absolute atomic E-state index is 13.9. The smallest absolute Gasteiger partial charge is 0.307 e. The summed E-state index contributed by atoms with van der Waals surface area (Å²) in [4.78, 5) is 31.3. The van der Waals surface area contributed by atoms with Crippen molar-refractivity contribution in [3.05, 3.63) is 64.3 Å². The van der Waals surface area contributed by atoms with Crippen LogP contribution in [0.5, 0.6) is 5.75 Å². The van der Waals surface area contributed by atoms with E-state index in [2.05, 4.69) is 20.6 Å². The van der Waals surface area contributed by atoms with E-state index in [4.69, 9.17) is 4.74 Å². The summed E-state index contributed by atoms with van der Waals surface area (Å²) in [6.07, 6.45) is 1.83. The van der Waals surface area contributed by atoms with Crippen LogP contribution in [-0.4, -0.2) is 35.5 Å². The summed E-state index contributed by atoms with van der Waals surface area (Å²) in [5.74, 6) is -1.48. The number of nitro benzene ring substituents is 1. The second-order valence-electron chi connectivity index (χ2n) is 6.01. The summed E-state index contributed by atoms with van der Waals surface area (Å²) in [6.45, 7) is 0. The third-order valence-corrected chi connectivity index (χ3v) is 4.19. The minimum Gasteiger partial charge on any atom is -0.494 e. The highest BCUT2D eigenvalue weighted by Gasteiger charge is 2.20. The molecular formula is C19H16F2N6O4. The van der Waals surface area contributed by atoms with Gasteiger partial charge in [0, 0.05) is 25.4 Å². The summed E-state index contributed by atoms with van der Waals surface area (Å²) in [5.41, 5.74) is -0.0448. The lowest BCUT2D eigenvalue weighted by atomic mass is 10.2. The normalized spacial score (nSPS) is 10.3. The molecule has 0 saturated heterocycles. The van der Waals surface area contributed by atoms with Gasteiger partial charge in [-0.3, -0.25) is 19.8 Å². The summed E-state index contributed by atoms with van der Waals surface area (Å²) >= 11 is 0. The van der Waals surface area contributed by atoms with E-state index >= 15 is 0 Å². The Kier molecular flexibility index (Phi) is 6.19. The number of hydrogen-bond acceptors (Lipinski definition) is 8. The van der Waals surface area contributed by atoms with Crippen molar-refractivity contribution >= 4 is 40.9 Å². The van der Waals surface area contributed by atoms with Gasteiger partial charge in [0.25, 0.3) is 0 Å². The van der Waals surface area contributed by atoms with Crippen molar-refractivity contribution in [1.82, 2.24) is 9.97 Å². The van der Waals surface area contributed by atoms with Crippen molar-refractivity contribution in [2.45, 2.75) is 0 Å². The summed E-state index contributed by atoms with van der Waals surface area (Å²) < 4.78 is 32.4. The summed E-state index contributed by atoms with van der Waals surface area (Å²) in [5, 5.41) is 16.6. The lowest BCUT2D eigenvalue weighted by Gasteiger charge is -2.20. The minimum atomic E-state index is -1.06. The van der Waals surface area contributed by atoms with Crippen molar-refractivity contribution in [3.8, 4) is 5.75 Å². The number of methoxy groups -OCH3 is 1. The molecule has 31 heavy (non-hydrogen) atoms. The van der Waals surface area contributed by atoms with Gasteiger partial charge in [-0.2, -0.15) is 9.37 Å². The van der Waals surface area contributed by atoms with Crippen molar-refractivity contribution < 1.29 is 23.2 Å². The molecule has 10 nitrogen and oxygen atoms in total. The highest BCUT2D eigenvalue weighted by atomic mass is 19.1. The molecule has 0 radical (unpaired) electrons. The van der Waals surface area contributed by atoms with E-state index in [0.29, 0.717) is 17.8 Å². The number of amides is 1. The Bertz CT molecular complexity index is 1140. The average Bonchev–Trinajstić information content (AvgIpc) is 2.76. The third kappa shape index (κ3) is 4.47. The molecule has 0 unspecified atom stereocenters. The average molecular weight is 430 g/mol. The quantitative estimate of drug-likeness (QED) is 0.315. The van der Waals surface area contributed by atoms with Gasteiger partial charge < -0.3 is 15.4 Å². The number of rotatable bonds is 8.